The number of aryl methyl sites for hydroxylation is 2. The molecule has 3 heterocycles. The molecule has 0 bridgehead atoms. The zero-order chi connectivity index (χ0) is 22.1. The number of allylic oxidation sites excluding steroid dienone is 1. The molecule has 1 saturated carbocycles. The van der Waals surface area contributed by atoms with Crippen LogP contribution in [0.15, 0.2) is 57.0 Å². The standard InChI is InChI=1S/C24H27N5O2/c1-6-7-21(25-5)26-12-17-10-19-16(4)20(19)13-29(17)24(30)22-18(9-8-14(2)28-22)23-27-11-15(3)31-23/h6-9,11,17,19-20H,4-5,10,12-13H2,1-3H3/b7-6-,26-21?. The number of pyridine rings is 1. The lowest BCUT2D eigenvalue weighted by molar-refractivity contribution is 0.0606. The van der Waals surface area contributed by atoms with E-state index in [4.69, 9.17) is 4.42 Å². The van der Waals surface area contributed by atoms with E-state index in [2.05, 4.69) is 33.2 Å². The first-order valence-electron chi connectivity index (χ1n) is 10.5. The quantitative estimate of drug-likeness (QED) is 0.417. The summed E-state index contributed by atoms with van der Waals surface area (Å²) < 4.78 is 5.70. The number of likely N-dealkylation sites (tertiary alicyclic amines) is 1. The number of rotatable bonds is 5. The van der Waals surface area contributed by atoms with Gasteiger partial charge in [0.2, 0.25) is 5.89 Å². The highest BCUT2D eigenvalue weighted by atomic mass is 16.4. The number of carbonyl (C=O) groups is 1. The molecule has 1 aliphatic heterocycles. The van der Waals surface area contributed by atoms with E-state index in [9.17, 15) is 4.79 Å². The van der Waals surface area contributed by atoms with Gasteiger partial charge in [-0.15, -0.1) is 0 Å². The van der Waals surface area contributed by atoms with E-state index < -0.39 is 0 Å². The number of fused-ring (bicyclic) bond motifs is 1. The molecule has 0 aromatic carbocycles. The van der Waals surface area contributed by atoms with Gasteiger partial charge in [-0.05, 0) is 58.0 Å². The lowest BCUT2D eigenvalue weighted by atomic mass is 10.0. The Morgan fingerprint density at radius 2 is 2.16 bits per heavy atom. The van der Waals surface area contributed by atoms with E-state index in [1.54, 1.807) is 6.20 Å². The zero-order valence-electron chi connectivity index (χ0n) is 18.2. The maximum absolute atomic E-state index is 13.7. The Hall–Kier alpha value is -3.35. The third kappa shape index (κ3) is 4.13. The van der Waals surface area contributed by atoms with E-state index in [-0.39, 0.29) is 11.9 Å². The molecular formula is C24H27N5O2. The molecule has 4 rings (SSSR count). The van der Waals surface area contributed by atoms with Gasteiger partial charge < -0.3 is 9.32 Å². The van der Waals surface area contributed by atoms with Crippen molar-refractivity contribution in [3.8, 4) is 11.5 Å². The normalized spacial score (nSPS) is 23.2. The van der Waals surface area contributed by atoms with Gasteiger partial charge in [-0.1, -0.05) is 18.2 Å². The molecule has 3 atom stereocenters. The predicted molar refractivity (Wildman–Crippen MR) is 121 cm³/mol. The van der Waals surface area contributed by atoms with Gasteiger partial charge in [0.05, 0.1) is 24.3 Å². The molecule has 1 amide bonds. The van der Waals surface area contributed by atoms with Crippen LogP contribution in [0.25, 0.3) is 11.5 Å². The van der Waals surface area contributed by atoms with Gasteiger partial charge >= 0.3 is 0 Å². The van der Waals surface area contributed by atoms with E-state index in [0.29, 0.717) is 53.7 Å². The molecule has 160 valence electrons. The monoisotopic (exact) mass is 417 g/mol. The van der Waals surface area contributed by atoms with Gasteiger partial charge in [0, 0.05) is 18.2 Å². The van der Waals surface area contributed by atoms with Crippen LogP contribution in [-0.4, -0.2) is 52.5 Å². The van der Waals surface area contributed by atoms with E-state index in [1.807, 2.05) is 50.0 Å². The summed E-state index contributed by atoms with van der Waals surface area (Å²) >= 11 is 0. The summed E-state index contributed by atoms with van der Waals surface area (Å²) in [6, 6.07) is 3.65. The molecule has 0 spiro atoms. The van der Waals surface area contributed by atoms with Crippen LogP contribution in [0.5, 0.6) is 0 Å². The highest BCUT2D eigenvalue weighted by Crippen LogP contribution is 2.51. The third-order valence-corrected chi connectivity index (χ3v) is 5.98. The number of carbonyl (C=O) groups excluding carboxylic acids is 1. The summed E-state index contributed by atoms with van der Waals surface area (Å²) in [5, 5.41) is 0. The molecule has 2 aliphatic rings. The highest BCUT2D eigenvalue weighted by Gasteiger charge is 2.50. The van der Waals surface area contributed by atoms with Crippen LogP contribution in [0.4, 0.5) is 0 Å². The minimum atomic E-state index is -0.132. The average molecular weight is 418 g/mol. The Morgan fingerprint density at radius 3 is 2.84 bits per heavy atom. The van der Waals surface area contributed by atoms with Crippen molar-refractivity contribution >= 4 is 18.5 Å². The average Bonchev–Trinajstić information content (AvgIpc) is 3.17. The van der Waals surface area contributed by atoms with Crippen molar-refractivity contribution in [3.05, 3.63) is 59.8 Å². The van der Waals surface area contributed by atoms with Crippen LogP contribution in [0.2, 0.25) is 0 Å². The summed E-state index contributed by atoms with van der Waals surface area (Å²) in [4.78, 5) is 33.1. The second-order valence-corrected chi connectivity index (χ2v) is 8.12. The van der Waals surface area contributed by atoms with Crippen LogP contribution in [0.1, 0.15) is 35.3 Å². The maximum atomic E-state index is 13.7. The molecule has 7 heteroatoms. The second-order valence-electron chi connectivity index (χ2n) is 8.12. The molecule has 3 unspecified atom stereocenters. The molecule has 0 radical (unpaired) electrons. The number of amidine groups is 1. The maximum Gasteiger partial charge on any atom is 0.273 e. The van der Waals surface area contributed by atoms with Crippen LogP contribution >= 0.6 is 0 Å². The zero-order valence-corrected chi connectivity index (χ0v) is 18.2. The predicted octanol–water partition coefficient (Wildman–Crippen LogP) is 4.05. The first-order valence-corrected chi connectivity index (χ1v) is 10.5. The SMILES string of the molecule is C=NC(/C=C\C)=NCC1CC2C(=C)C2CN1C(=O)c1nc(C)ccc1-c1ncc(C)o1. The van der Waals surface area contributed by atoms with Crippen LogP contribution in [-0.2, 0) is 0 Å². The summed E-state index contributed by atoms with van der Waals surface area (Å²) in [6.07, 6.45) is 6.17. The minimum absolute atomic E-state index is 0.0588. The van der Waals surface area contributed by atoms with Crippen LogP contribution in [0, 0.1) is 25.7 Å². The Labute approximate surface area is 182 Å². The second kappa shape index (κ2) is 8.41. The van der Waals surface area contributed by atoms with E-state index >= 15 is 0 Å². The Balaban J connectivity index is 1.67. The fraction of sp³-hybridized carbons (Fsp3) is 0.375. The number of aliphatic imine (C=N–C) groups is 2. The van der Waals surface area contributed by atoms with Crippen molar-refractivity contribution in [2.75, 3.05) is 13.1 Å². The molecule has 2 aromatic heterocycles. The van der Waals surface area contributed by atoms with Crippen molar-refractivity contribution in [2.24, 2.45) is 21.8 Å². The van der Waals surface area contributed by atoms with E-state index in [0.717, 1.165) is 12.1 Å². The van der Waals surface area contributed by atoms with Crippen molar-refractivity contribution in [1.29, 1.82) is 0 Å². The minimum Gasteiger partial charge on any atom is -0.441 e. The van der Waals surface area contributed by atoms with Crippen molar-refractivity contribution < 1.29 is 9.21 Å². The smallest absolute Gasteiger partial charge is 0.273 e. The fourth-order valence-corrected chi connectivity index (χ4v) is 4.22. The number of oxazole rings is 1. The number of hydrogen-bond donors (Lipinski definition) is 0. The van der Waals surface area contributed by atoms with Crippen molar-refractivity contribution in [2.45, 2.75) is 33.2 Å². The summed E-state index contributed by atoms with van der Waals surface area (Å²) in [5.41, 5.74) is 2.95. The number of hydrogen-bond acceptors (Lipinski definition) is 5. The molecule has 1 saturated heterocycles. The summed E-state index contributed by atoms with van der Waals surface area (Å²) in [6.45, 7) is 14.5. The molecule has 1 aliphatic carbocycles. The van der Waals surface area contributed by atoms with E-state index in [1.165, 1.54) is 5.57 Å². The molecule has 31 heavy (non-hydrogen) atoms. The topological polar surface area (TPSA) is 84.0 Å². The van der Waals surface area contributed by atoms with Gasteiger partial charge in [-0.2, -0.15) is 0 Å². The number of nitrogens with zero attached hydrogens (tertiary/aromatic N) is 5. The summed E-state index contributed by atoms with van der Waals surface area (Å²) in [7, 11) is 0. The lowest BCUT2D eigenvalue weighted by Gasteiger charge is -2.34. The molecule has 2 aromatic rings. The highest BCUT2D eigenvalue weighted by molar-refractivity contribution is 5.98. The first-order chi connectivity index (χ1) is 14.9. The van der Waals surface area contributed by atoms with Gasteiger partial charge in [0.1, 0.15) is 17.3 Å². The molecular weight excluding hydrogens is 390 g/mol. The van der Waals surface area contributed by atoms with Crippen molar-refractivity contribution in [3.63, 3.8) is 0 Å². The molecule has 2 fully saturated rings. The van der Waals surface area contributed by atoms with Crippen LogP contribution < -0.4 is 0 Å². The number of aromatic nitrogens is 2. The Bertz CT molecular complexity index is 1100. The lowest BCUT2D eigenvalue weighted by Crippen LogP contribution is -2.47. The first kappa shape index (κ1) is 20.9. The summed E-state index contributed by atoms with van der Waals surface area (Å²) in [5.74, 6) is 2.34. The number of amides is 1. The Kier molecular flexibility index (Phi) is 5.67. The Morgan fingerprint density at radius 1 is 1.35 bits per heavy atom. The third-order valence-electron chi connectivity index (χ3n) is 5.98. The van der Waals surface area contributed by atoms with Crippen LogP contribution in [0.3, 0.4) is 0 Å². The number of piperidine rings is 1. The van der Waals surface area contributed by atoms with Crippen molar-refractivity contribution in [1.82, 2.24) is 14.9 Å². The van der Waals surface area contributed by atoms with Gasteiger partial charge in [0.15, 0.2) is 0 Å². The molecule has 7 nitrogen and oxygen atoms in total. The molecule has 0 N–H and O–H groups in total. The fourth-order valence-electron chi connectivity index (χ4n) is 4.22. The van der Waals surface area contributed by atoms with Gasteiger partial charge in [-0.3, -0.25) is 9.79 Å². The largest absolute Gasteiger partial charge is 0.441 e. The van der Waals surface area contributed by atoms with Gasteiger partial charge in [-0.25, -0.2) is 15.0 Å². The van der Waals surface area contributed by atoms with Gasteiger partial charge in [0.25, 0.3) is 5.91 Å².